The summed E-state index contributed by atoms with van der Waals surface area (Å²) < 4.78 is 26.8. The highest BCUT2D eigenvalue weighted by molar-refractivity contribution is 5.48. The van der Waals surface area contributed by atoms with Gasteiger partial charge in [-0.05, 0) is 30.7 Å². The van der Waals surface area contributed by atoms with Crippen molar-refractivity contribution >= 4 is 5.69 Å². The topological polar surface area (TPSA) is 29.3 Å². The van der Waals surface area contributed by atoms with Gasteiger partial charge in [0.1, 0.15) is 12.0 Å². The number of nitrogens with two attached hydrogens (primary N) is 1. The van der Waals surface area contributed by atoms with Crippen molar-refractivity contribution in [2.24, 2.45) is 5.73 Å². The highest BCUT2D eigenvalue weighted by atomic mass is 19.1. The summed E-state index contributed by atoms with van der Waals surface area (Å²) in [5.41, 5.74) is 6.05. The third kappa shape index (κ3) is 2.89. The van der Waals surface area contributed by atoms with E-state index in [9.17, 15) is 8.78 Å². The molecule has 2 nitrogen and oxygen atoms in total. The van der Waals surface area contributed by atoms with Gasteiger partial charge in [0.2, 0.25) is 0 Å². The van der Waals surface area contributed by atoms with Gasteiger partial charge >= 0.3 is 0 Å². The van der Waals surface area contributed by atoms with Gasteiger partial charge in [0.15, 0.2) is 0 Å². The molecule has 0 aliphatic rings. The molecule has 0 aromatic heterocycles. The zero-order chi connectivity index (χ0) is 11.4. The summed E-state index contributed by atoms with van der Waals surface area (Å²) in [5, 5.41) is 0. The van der Waals surface area contributed by atoms with Crippen molar-refractivity contribution in [3.8, 4) is 0 Å². The molecule has 15 heavy (non-hydrogen) atoms. The fourth-order valence-corrected chi connectivity index (χ4v) is 1.39. The second-order valence-electron chi connectivity index (χ2n) is 3.65. The summed E-state index contributed by atoms with van der Waals surface area (Å²) >= 11 is 0. The van der Waals surface area contributed by atoms with E-state index in [1.165, 1.54) is 6.07 Å². The van der Waals surface area contributed by atoms with E-state index < -0.39 is 12.0 Å². The smallest absolute Gasteiger partial charge is 0.146 e. The molecular weight excluding hydrogens is 198 g/mol. The Morgan fingerprint density at radius 3 is 2.53 bits per heavy atom. The van der Waals surface area contributed by atoms with Gasteiger partial charge in [0.25, 0.3) is 0 Å². The minimum Gasteiger partial charge on any atom is -0.375 e. The lowest BCUT2D eigenvalue weighted by Crippen LogP contribution is -2.11. The van der Waals surface area contributed by atoms with Crippen molar-refractivity contribution in [3.63, 3.8) is 0 Å². The normalized spacial score (nSPS) is 12.6. The van der Waals surface area contributed by atoms with E-state index in [0.29, 0.717) is 11.3 Å². The SMILES string of the molecule is CN(C)c1ccc(C(F)CCN)cc1F. The second-order valence-corrected chi connectivity index (χ2v) is 3.65. The number of hydrogen-bond donors (Lipinski definition) is 1. The van der Waals surface area contributed by atoms with Crippen LogP contribution in [0.3, 0.4) is 0 Å². The quantitative estimate of drug-likeness (QED) is 0.833. The molecule has 84 valence electrons. The molecule has 1 unspecified atom stereocenters. The van der Waals surface area contributed by atoms with Crippen LogP contribution in [0.25, 0.3) is 0 Å². The van der Waals surface area contributed by atoms with Crippen LogP contribution < -0.4 is 10.6 Å². The van der Waals surface area contributed by atoms with E-state index in [1.807, 2.05) is 0 Å². The second kappa shape index (κ2) is 5.07. The Balaban J connectivity index is 2.91. The molecule has 0 amide bonds. The van der Waals surface area contributed by atoms with Gasteiger partial charge in [-0.15, -0.1) is 0 Å². The first-order valence-corrected chi connectivity index (χ1v) is 4.87. The highest BCUT2D eigenvalue weighted by Gasteiger charge is 2.12. The number of benzene rings is 1. The van der Waals surface area contributed by atoms with Crippen molar-refractivity contribution in [3.05, 3.63) is 29.6 Å². The number of rotatable bonds is 4. The Bertz CT molecular complexity index is 326. The van der Waals surface area contributed by atoms with E-state index in [2.05, 4.69) is 0 Å². The van der Waals surface area contributed by atoms with Crippen molar-refractivity contribution in [1.82, 2.24) is 0 Å². The zero-order valence-corrected chi connectivity index (χ0v) is 9.00. The minimum absolute atomic E-state index is 0.223. The van der Waals surface area contributed by atoms with Crippen LogP contribution >= 0.6 is 0 Å². The molecular formula is C11H16F2N2. The Labute approximate surface area is 88.7 Å². The molecule has 0 heterocycles. The van der Waals surface area contributed by atoms with Crippen LogP contribution in [0, 0.1) is 5.82 Å². The fourth-order valence-electron chi connectivity index (χ4n) is 1.39. The predicted octanol–water partition coefficient (Wildman–Crippen LogP) is 2.25. The Morgan fingerprint density at radius 1 is 1.40 bits per heavy atom. The van der Waals surface area contributed by atoms with Crippen LogP contribution in [-0.4, -0.2) is 20.6 Å². The lowest BCUT2D eigenvalue weighted by atomic mass is 10.1. The van der Waals surface area contributed by atoms with Crippen LogP contribution in [0.1, 0.15) is 18.2 Å². The van der Waals surface area contributed by atoms with E-state index in [4.69, 9.17) is 5.73 Å². The van der Waals surface area contributed by atoms with Gasteiger partial charge in [-0.2, -0.15) is 0 Å². The van der Waals surface area contributed by atoms with E-state index in [1.54, 1.807) is 31.1 Å². The molecule has 1 atom stereocenters. The summed E-state index contributed by atoms with van der Waals surface area (Å²) in [7, 11) is 3.48. The van der Waals surface area contributed by atoms with Gasteiger partial charge in [-0.1, -0.05) is 6.07 Å². The molecule has 0 fully saturated rings. The molecule has 0 radical (unpaired) electrons. The lowest BCUT2D eigenvalue weighted by Gasteiger charge is -2.15. The zero-order valence-electron chi connectivity index (χ0n) is 9.00. The fraction of sp³-hybridized carbons (Fsp3) is 0.455. The monoisotopic (exact) mass is 214 g/mol. The maximum Gasteiger partial charge on any atom is 0.146 e. The van der Waals surface area contributed by atoms with Crippen molar-refractivity contribution in [1.29, 1.82) is 0 Å². The largest absolute Gasteiger partial charge is 0.375 e. The molecule has 0 aliphatic carbocycles. The van der Waals surface area contributed by atoms with Gasteiger partial charge in [0, 0.05) is 14.1 Å². The van der Waals surface area contributed by atoms with Gasteiger partial charge in [0.05, 0.1) is 5.69 Å². The van der Waals surface area contributed by atoms with Crippen molar-refractivity contribution in [2.75, 3.05) is 25.5 Å². The predicted molar refractivity (Wildman–Crippen MR) is 58.2 cm³/mol. The maximum atomic E-state index is 13.5. The first-order chi connectivity index (χ1) is 7.06. The average Bonchev–Trinajstić information content (AvgIpc) is 2.17. The highest BCUT2D eigenvalue weighted by Crippen LogP contribution is 2.25. The van der Waals surface area contributed by atoms with Crippen LogP contribution in [0.4, 0.5) is 14.5 Å². The number of alkyl halides is 1. The molecule has 0 saturated heterocycles. The molecule has 1 aromatic carbocycles. The summed E-state index contributed by atoms with van der Waals surface area (Å²) in [6, 6.07) is 4.40. The Kier molecular flexibility index (Phi) is 4.03. The number of halogens is 2. The Hall–Kier alpha value is -1.16. The minimum atomic E-state index is -1.18. The summed E-state index contributed by atoms with van der Waals surface area (Å²) in [6.45, 7) is 0.262. The average molecular weight is 214 g/mol. The Morgan fingerprint density at radius 2 is 2.07 bits per heavy atom. The summed E-state index contributed by atoms with van der Waals surface area (Å²) in [5.74, 6) is -0.405. The van der Waals surface area contributed by atoms with Gasteiger partial charge < -0.3 is 10.6 Å². The van der Waals surface area contributed by atoms with Crippen LogP contribution in [-0.2, 0) is 0 Å². The van der Waals surface area contributed by atoms with E-state index >= 15 is 0 Å². The van der Waals surface area contributed by atoms with E-state index in [-0.39, 0.29) is 13.0 Å². The standard InChI is InChI=1S/C11H16F2N2/c1-15(2)11-4-3-8(7-10(11)13)9(12)5-6-14/h3-4,7,9H,5-6,14H2,1-2H3. The van der Waals surface area contributed by atoms with Crippen LogP contribution in [0.5, 0.6) is 0 Å². The van der Waals surface area contributed by atoms with E-state index in [0.717, 1.165) is 0 Å². The molecule has 0 bridgehead atoms. The van der Waals surface area contributed by atoms with Crippen LogP contribution in [0.2, 0.25) is 0 Å². The van der Waals surface area contributed by atoms with Gasteiger partial charge in [-0.3, -0.25) is 0 Å². The molecule has 4 heteroatoms. The van der Waals surface area contributed by atoms with Gasteiger partial charge in [-0.25, -0.2) is 8.78 Å². The first-order valence-electron chi connectivity index (χ1n) is 4.87. The third-order valence-electron chi connectivity index (χ3n) is 2.24. The molecule has 0 aliphatic heterocycles. The maximum absolute atomic E-state index is 13.5. The molecule has 0 saturated carbocycles. The third-order valence-corrected chi connectivity index (χ3v) is 2.24. The summed E-state index contributed by atoms with van der Waals surface area (Å²) in [4.78, 5) is 1.65. The summed E-state index contributed by atoms with van der Waals surface area (Å²) in [6.07, 6.45) is -0.957. The van der Waals surface area contributed by atoms with Crippen molar-refractivity contribution in [2.45, 2.75) is 12.6 Å². The molecule has 1 aromatic rings. The number of nitrogens with zero attached hydrogens (tertiary/aromatic N) is 1. The first kappa shape index (κ1) is 11.9. The lowest BCUT2D eigenvalue weighted by molar-refractivity contribution is 0.326. The molecule has 0 spiro atoms. The molecule has 1 rings (SSSR count). The number of hydrogen-bond acceptors (Lipinski definition) is 2. The van der Waals surface area contributed by atoms with Crippen molar-refractivity contribution < 1.29 is 8.78 Å². The number of anilines is 1. The van der Waals surface area contributed by atoms with Crippen LogP contribution in [0.15, 0.2) is 18.2 Å². The molecule has 2 N–H and O–H groups in total.